The van der Waals surface area contributed by atoms with Crippen molar-refractivity contribution in [2.24, 2.45) is 0 Å². The van der Waals surface area contributed by atoms with Crippen molar-refractivity contribution in [2.75, 3.05) is 20.9 Å². The van der Waals surface area contributed by atoms with Crippen molar-refractivity contribution >= 4 is 43.0 Å². The van der Waals surface area contributed by atoms with Crippen LogP contribution in [0.2, 0.25) is 0 Å². The highest BCUT2D eigenvalue weighted by atomic mass is 32.2. The SMILES string of the molecule is Cc1ccc(NS(=O)(=O)c2ccc(NC(=O)[C@H]3CN(S(=O)(=O)Cc4ccccc4)c4ccccc4O3)cc2)cc1. The standard InChI is InChI=1S/C29H27N3O6S2/c1-21-11-13-24(14-12-21)31-40(36,37)25-17-15-23(16-18-25)30-29(33)28-19-32(26-9-5-6-10-27(26)38-28)39(34,35)20-22-7-3-2-4-8-22/h2-18,28,31H,19-20H2,1H3,(H,30,33)/t28-/m1/s1. The number of rotatable bonds is 8. The van der Waals surface area contributed by atoms with Crippen molar-refractivity contribution < 1.29 is 26.4 Å². The lowest BCUT2D eigenvalue weighted by Crippen LogP contribution is -2.49. The molecule has 0 aliphatic carbocycles. The summed E-state index contributed by atoms with van der Waals surface area (Å²) in [6.07, 6.45) is -1.13. The second-order valence-corrected chi connectivity index (χ2v) is 12.9. The molecule has 9 nitrogen and oxygen atoms in total. The third-order valence-electron chi connectivity index (χ3n) is 6.29. The summed E-state index contributed by atoms with van der Waals surface area (Å²) in [5.74, 6) is -0.528. The van der Waals surface area contributed by atoms with E-state index in [0.717, 1.165) is 5.56 Å². The Hall–Kier alpha value is -4.35. The van der Waals surface area contributed by atoms with Crippen molar-refractivity contribution in [1.82, 2.24) is 0 Å². The van der Waals surface area contributed by atoms with Crippen LogP contribution in [0.1, 0.15) is 11.1 Å². The van der Waals surface area contributed by atoms with E-state index >= 15 is 0 Å². The Balaban J connectivity index is 1.31. The van der Waals surface area contributed by atoms with Crippen LogP contribution in [-0.2, 0) is 30.6 Å². The number of nitrogens with zero attached hydrogens (tertiary/aromatic N) is 1. The number of carbonyl (C=O) groups is 1. The van der Waals surface area contributed by atoms with Crippen LogP contribution in [0.15, 0.2) is 108 Å². The van der Waals surface area contributed by atoms with Crippen LogP contribution in [0.3, 0.4) is 0 Å². The van der Waals surface area contributed by atoms with E-state index in [9.17, 15) is 21.6 Å². The highest BCUT2D eigenvalue weighted by Crippen LogP contribution is 2.36. The first kappa shape index (κ1) is 27.2. The molecule has 1 aliphatic heterocycles. The molecule has 0 aromatic heterocycles. The molecule has 40 heavy (non-hydrogen) atoms. The van der Waals surface area contributed by atoms with Gasteiger partial charge in [-0.3, -0.25) is 13.8 Å². The summed E-state index contributed by atoms with van der Waals surface area (Å²) in [4.78, 5) is 13.2. The number of anilines is 3. The zero-order valence-electron chi connectivity index (χ0n) is 21.5. The van der Waals surface area contributed by atoms with E-state index in [1.54, 1.807) is 72.8 Å². The van der Waals surface area contributed by atoms with Gasteiger partial charge in [-0.05, 0) is 61.0 Å². The fourth-order valence-corrected chi connectivity index (χ4v) is 6.88. The van der Waals surface area contributed by atoms with Crippen LogP contribution in [0.4, 0.5) is 17.1 Å². The summed E-state index contributed by atoms with van der Waals surface area (Å²) < 4.78 is 61.9. The summed E-state index contributed by atoms with van der Waals surface area (Å²) in [5, 5.41) is 2.70. The van der Waals surface area contributed by atoms with Gasteiger partial charge < -0.3 is 10.1 Å². The van der Waals surface area contributed by atoms with Crippen LogP contribution >= 0.6 is 0 Å². The van der Waals surface area contributed by atoms with Gasteiger partial charge in [0, 0.05) is 11.4 Å². The quantitative estimate of drug-likeness (QED) is 0.317. The molecule has 2 N–H and O–H groups in total. The lowest BCUT2D eigenvalue weighted by Gasteiger charge is -2.34. The molecule has 4 aromatic carbocycles. The highest BCUT2D eigenvalue weighted by molar-refractivity contribution is 7.92. The second kappa shape index (κ2) is 11.0. The largest absolute Gasteiger partial charge is 0.476 e. The Labute approximate surface area is 233 Å². The fraction of sp³-hybridized carbons (Fsp3) is 0.138. The predicted octanol–water partition coefficient (Wildman–Crippen LogP) is 4.53. The van der Waals surface area contributed by atoms with Crippen LogP contribution in [-0.4, -0.2) is 35.4 Å². The predicted molar refractivity (Wildman–Crippen MR) is 154 cm³/mol. The van der Waals surface area contributed by atoms with E-state index in [1.807, 2.05) is 13.0 Å². The van der Waals surface area contributed by atoms with Crippen LogP contribution in [0, 0.1) is 6.92 Å². The Bertz CT molecular complexity index is 1730. The van der Waals surface area contributed by atoms with Crippen molar-refractivity contribution in [1.29, 1.82) is 0 Å². The lowest BCUT2D eigenvalue weighted by atomic mass is 10.2. The molecule has 1 amide bonds. The van der Waals surface area contributed by atoms with E-state index in [4.69, 9.17) is 4.74 Å². The molecular formula is C29H27N3O6S2. The van der Waals surface area contributed by atoms with E-state index in [-0.39, 0.29) is 22.9 Å². The molecule has 0 unspecified atom stereocenters. The first-order valence-electron chi connectivity index (χ1n) is 12.4. The van der Waals surface area contributed by atoms with Gasteiger partial charge in [-0.1, -0.05) is 60.2 Å². The summed E-state index contributed by atoms with van der Waals surface area (Å²) in [6, 6.07) is 28.1. The number of fused-ring (bicyclic) bond motifs is 1. The number of nitrogens with one attached hydrogen (secondary N) is 2. The first-order chi connectivity index (χ1) is 19.1. The molecule has 0 spiro atoms. The molecule has 0 saturated heterocycles. The Kier molecular flexibility index (Phi) is 7.51. The van der Waals surface area contributed by atoms with Gasteiger partial charge in [0.1, 0.15) is 5.75 Å². The molecule has 0 bridgehead atoms. The van der Waals surface area contributed by atoms with Gasteiger partial charge in [-0.15, -0.1) is 0 Å². The summed E-state index contributed by atoms with van der Waals surface area (Å²) >= 11 is 0. The zero-order chi connectivity index (χ0) is 28.3. The summed E-state index contributed by atoms with van der Waals surface area (Å²) in [5.41, 5.74) is 2.76. The topological polar surface area (TPSA) is 122 Å². The van der Waals surface area contributed by atoms with Crippen LogP contribution < -0.4 is 19.1 Å². The van der Waals surface area contributed by atoms with Gasteiger partial charge in [-0.2, -0.15) is 0 Å². The summed E-state index contributed by atoms with van der Waals surface area (Å²) in [6.45, 7) is 1.69. The third kappa shape index (κ3) is 6.11. The van der Waals surface area contributed by atoms with Gasteiger partial charge in [0.05, 0.1) is 22.9 Å². The average molecular weight is 578 g/mol. The number of sulfonamides is 2. The van der Waals surface area contributed by atoms with Gasteiger partial charge in [-0.25, -0.2) is 16.8 Å². The molecule has 0 fully saturated rings. The number of amides is 1. The molecule has 1 heterocycles. The van der Waals surface area contributed by atoms with E-state index in [0.29, 0.717) is 22.6 Å². The zero-order valence-corrected chi connectivity index (χ0v) is 23.2. The first-order valence-corrected chi connectivity index (χ1v) is 15.5. The molecule has 1 aliphatic rings. The van der Waals surface area contributed by atoms with Crippen molar-refractivity contribution in [3.8, 4) is 5.75 Å². The molecule has 0 saturated carbocycles. The number of ether oxygens (including phenoxy) is 1. The molecular weight excluding hydrogens is 550 g/mol. The minimum Gasteiger partial charge on any atom is -0.476 e. The minimum atomic E-state index is -3.84. The van der Waals surface area contributed by atoms with E-state index in [1.165, 1.54) is 28.6 Å². The van der Waals surface area contributed by atoms with E-state index < -0.39 is 32.1 Å². The van der Waals surface area contributed by atoms with Gasteiger partial charge in [0.2, 0.25) is 10.0 Å². The number of hydrogen-bond acceptors (Lipinski definition) is 6. The van der Waals surface area contributed by atoms with Gasteiger partial charge in [0.15, 0.2) is 6.10 Å². The molecule has 11 heteroatoms. The smallest absolute Gasteiger partial charge is 0.267 e. The van der Waals surface area contributed by atoms with Crippen molar-refractivity contribution in [3.63, 3.8) is 0 Å². The molecule has 4 aromatic rings. The number of benzene rings is 4. The van der Waals surface area contributed by atoms with Crippen LogP contribution in [0.25, 0.3) is 0 Å². The number of para-hydroxylation sites is 2. The molecule has 206 valence electrons. The minimum absolute atomic E-state index is 0.0205. The maximum absolute atomic E-state index is 13.4. The summed E-state index contributed by atoms with van der Waals surface area (Å²) in [7, 11) is -7.68. The fourth-order valence-electron chi connectivity index (χ4n) is 4.24. The maximum Gasteiger partial charge on any atom is 0.267 e. The van der Waals surface area contributed by atoms with Gasteiger partial charge >= 0.3 is 0 Å². The number of hydrogen-bond donors (Lipinski definition) is 2. The number of carbonyl (C=O) groups excluding carboxylic acids is 1. The van der Waals surface area contributed by atoms with Gasteiger partial charge in [0.25, 0.3) is 15.9 Å². The van der Waals surface area contributed by atoms with Crippen LogP contribution in [0.5, 0.6) is 5.75 Å². The van der Waals surface area contributed by atoms with Crippen molar-refractivity contribution in [3.05, 3.63) is 114 Å². The molecule has 0 radical (unpaired) electrons. The Morgan fingerprint density at radius 1 is 0.825 bits per heavy atom. The molecule has 5 rings (SSSR count). The monoisotopic (exact) mass is 577 g/mol. The maximum atomic E-state index is 13.4. The second-order valence-electron chi connectivity index (χ2n) is 9.33. The third-order valence-corrected chi connectivity index (χ3v) is 9.40. The van der Waals surface area contributed by atoms with E-state index in [2.05, 4.69) is 10.0 Å². The van der Waals surface area contributed by atoms with Crippen molar-refractivity contribution in [2.45, 2.75) is 23.7 Å². The Morgan fingerprint density at radius 3 is 2.15 bits per heavy atom. The highest BCUT2D eigenvalue weighted by Gasteiger charge is 2.36. The molecule has 1 atom stereocenters. The average Bonchev–Trinajstić information content (AvgIpc) is 2.94. The number of aryl methyl sites for hydroxylation is 1. The normalized spacial score (nSPS) is 15.0. The Morgan fingerprint density at radius 2 is 1.45 bits per heavy atom. The lowest BCUT2D eigenvalue weighted by molar-refractivity contribution is -0.122.